The summed E-state index contributed by atoms with van der Waals surface area (Å²) in [6.07, 6.45) is 4.60. The van der Waals surface area contributed by atoms with Gasteiger partial charge >= 0.3 is 0 Å². The number of ether oxygens (including phenoxy) is 3. The molecular weight excluding hydrogens is 584 g/mol. The maximum Gasteiger partial charge on any atom is 0.200 e. The Labute approximate surface area is 276 Å². The Morgan fingerprint density at radius 1 is 0.844 bits per heavy atom. The Kier molecular flexibility index (Phi) is 11.9. The summed E-state index contributed by atoms with van der Waals surface area (Å²) in [5.74, 6) is 0.391. The van der Waals surface area contributed by atoms with Crippen LogP contribution in [0.25, 0.3) is 0 Å². The lowest BCUT2D eigenvalue weighted by Gasteiger charge is -2.65. The Balaban J connectivity index is 1.39. The molecule has 0 bridgehead atoms. The zero-order valence-electron chi connectivity index (χ0n) is 30.6. The minimum atomic E-state index is -1.89. The lowest BCUT2D eigenvalue weighted by molar-refractivity contribution is -0.259. The van der Waals surface area contributed by atoms with Crippen molar-refractivity contribution in [3.05, 3.63) is 0 Å². The van der Waals surface area contributed by atoms with Crippen molar-refractivity contribution in [2.45, 2.75) is 149 Å². The fourth-order valence-corrected chi connectivity index (χ4v) is 17.4. The van der Waals surface area contributed by atoms with Gasteiger partial charge in [-0.05, 0) is 96.1 Å². The molecule has 4 rings (SSSR count). The normalized spacial score (nSPS) is 40.0. The lowest BCUT2D eigenvalue weighted by Crippen LogP contribution is -2.73. The van der Waals surface area contributed by atoms with E-state index >= 15 is 0 Å². The van der Waals surface area contributed by atoms with E-state index in [4.69, 9.17) is 18.6 Å². The molecule has 0 heterocycles. The van der Waals surface area contributed by atoms with Crippen molar-refractivity contribution in [2.75, 3.05) is 33.7 Å². The van der Waals surface area contributed by atoms with Gasteiger partial charge in [0.15, 0.2) is 14.1 Å². The smallest absolute Gasteiger partial charge is 0.200 e. The van der Waals surface area contributed by atoms with Crippen molar-refractivity contribution < 1.29 is 33.6 Å². The van der Waals surface area contributed by atoms with Gasteiger partial charge in [-0.15, -0.1) is 0 Å². The van der Waals surface area contributed by atoms with Gasteiger partial charge in [0.2, 0.25) is 0 Å². The molecular formula is C37H68O7Si. The fourth-order valence-electron chi connectivity index (χ4n) is 11.8. The zero-order valence-corrected chi connectivity index (χ0v) is 31.6. The van der Waals surface area contributed by atoms with Gasteiger partial charge in [-0.3, -0.25) is 4.79 Å². The van der Waals surface area contributed by atoms with E-state index < -0.39 is 20.0 Å². The van der Waals surface area contributed by atoms with Gasteiger partial charge in [0, 0.05) is 32.2 Å². The average Bonchev–Trinajstić information content (AvgIpc) is 3.33. The summed E-state index contributed by atoms with van der Waals surface area (Å²) in [4.78, 5) is 13.9. The molecule has 0 amide bonds. The molecule has 0 spiro atoms. The van der Waals surface area contributed by atoms with E-state index in [1.807, 2.05) is 0 Å². The van der Waals surface area contributed by atoms with Gasteiger partial charge < -0.3 is 28.8 Å². The second kappa shape index (κ2) is 14.2. The number of fused-ring (bicyclic) bond motifs is 5. The molecule has 45 heavy (non-hydrogen) atoms. The van der Waals surface area contributed by atoms with Crippen molar-refractivity contribution in [3.63, 3.8) is 0 Å². The third-order valence-corrected chi connectivity index (χ3v) is 19.9. The van der Waals surface area contributed by atoms with Crippen LogP contribution in [0.2, 0.25) is 16.6 Å². The Morgan fingerprint density at radius 3 is 2.04 bits per heavy atom. The third kappa shape index (κ3) is 6.41. The first-order chi connectivity index (χ1) is 21.0. The van der Waals surface area contributed by atoms with Crippen LogP contribution >= 0.6 is 0 Å². The van der Waals surface area contributed by atoms with E-state index in [1.165, 1.54) is 0 Å². The molecule has 0 saturated heterocycles. The van der Waals surface area contributed by atoms with Crippen LogP contribution in [0.4, 0.5) is 0 Å². The number of aliphatic hydroxyl groups is 2. The highest BCUT2D eigenvalue weighted by Crippen LogP contribution is 2.69. The van der Waals surface area contributed by atoms with Crippen LogP contribution in [0.15, 0.2) is 0 Å². The van der Waals surface area contributed by atoms with E-state index in [0.717, 1.165) is 45.1 Å². The number of rotatable bonds is 14. The number of carbonyl (C=O) groups excluding carboxylic acids is 1. The molecule has 4 saturated carbocycles. The first-order valence-corrected chi connectivity index (χ1v) is 20.4. The van der Waals surface area contributed by atoms with Crippen LogP contribution in [0.1, 0.15) is 114 Å². The molecule has 0 aromatic rings. The van der Waals surface area contributed by atoms with Gasteiger partial charge in [0.1, 0.15) is 18.5 Å². The Morgan fingerprint density at radius 2 is 1.44 bits per heavy atom. The van der Waals surface area contributed by atoms with E-state index in [1.54, 1.807) is 7.11 Å². The number of hydrogen-bond acceptors (Lipinski definition) is 7. The van der Waals surface area contributed by atoms with Crippen LogP contribution < -0.4 is 0 Å². The predicted octanol–water partition coefficient (Wildman–Crippen LogP) is 7.38. The summed E-state index contributed by atoms with van der Waals surface area (Å²) in [7, 11) is -0.285. The van der Waals surface area contributed by atoms with Gasteiger partial charge in [0.25, 0.3) is 0 Å². The van der Waals surface area contributed by atoms with Crippen molar-refractivity contribution in [1.82, 2.24) is 0 Å². The zero-order chi connectivity index (χ0) is 33.5. The molecule has 262 valence electrons. The first-order valence-electron chi connectivity index (χ1n) is 18.3. The molecule has 0 radical (unpaired) electrons. The summed E-state index contributed by atoms with van der Waals surface area (Å²) < 4.78 is 24.2. The molecule has 4 aliphatic rings. The quantitative estimate of drug-likeness (QED) is 0.149. The van der Waals surface area contributed by atoms with Gasteiger partial charge in [0.05, 0.1) is 12.7 Å². The standard InChI is InChI=1S/C37H68O7Si/c1-23(2)45(24(3)4,25(5)6)44-20-26(7)19-42-21-27(8)29-12-13-31-35(29,9)17-15-32-36(10)16-14-28(43-22-41-11)18-30(36)33(38)34(39)37(31,32)40/h23-32,34,39-40H,12-22H2,1-11H3/t26?,27-,28?,29?,30-,31-,32?,34-,35-,36+,37+/m1/s1. The first kappa shape index (κ1) is 37.5. The van der Waals surface area contributed by atoms with Crippen LogP contribution in [-0.4, -0.2) is 75.8 Å². The second-order valence-electron chi connectivity index (χ2n) is 17.3. The largest absolute Gasteiger partial charge is 0.416 e. The minimum Gasteiger partial charge on any atom is -0.416 e. The monoisotopic (exact) mass is 652 g/mol. The van der Waals surface area contributed by atoms with Crippen molar-refractivity contribution >= 4 is 14.1 Å². The summed E-state index contributed by atoms with van der Waals surface area (Å²) in [6.45, 7) is 25.4. The van der Waals surface area contributed by atoms with Crippen LogP contribution in [0.3, 0.4) is 0 Å². The molecule has 2 N–H and O–H groups in total. The van der Waals surface area contributed by atoms with Crippen LogP contribution in [-0.2, 0) is 23.4 Å². The summed E-state index contributed by atoms with van der Waals surface area (Å²) in [6, 6.07) is 0. The topological polar surface area (TPSA) is 94.5 Å². The summed E-state index contributed by atoms with van der Waals surface area (Å²) in [5.41, 5.74) is -0.126. The predicted molar refractivity (Wildman–Crippen MR) is 181 cm³/mol. The number of ketones is 1. The number of hydrogen-bond donors (Lipinski definition) is 2. The summed E-state index contributed by atoms with van der Waals surface area (Å²) in [5, 5.41) is 24.3. The van der Waals surface area contributed by atoms with Crippen molar-refractivity contribution in [2.24, 2.45) is 46.3 Å². The van der Waals surface area contributed by atoms with E-state index in [9.17, 15) is 15.0 Å². The molecule has 0 aromatic heterocycles. The van der Waals surface area contributed by atoms with E-state index in [0.29, 0.717) is 54.0 Å². The maximum atomic E-state index is 13.9. The maximum absolute atomic E-state index is 13.9. The average molecular weight is 653 g/mol. The number of aliphatic hydroxyl groups excluding tert-OH is 1. The van der Waals surface area contributed by atoms with Gasteiger partial charge in [-0.2, -0.15) is 0 Å². The Bertz CT molecular complexity index is 981. The number of carbonyl (C=O) groups is 1. The molecule has 4 unspecified atom stereocenters. The number of methoxy groups -OCH3 is 1. The van der Waals surface area contributed by atoms with Crippen LogP contribution in [0, 0.1) is 46.3 Å². The molecule has 11 atom stereocenters. The molecule has 0 aliphatic heterocycles. The van der Waals surface area contributed by atoms with E-state index in [-0.39, 0.29) is 47.3 Å². The fraction of sp³-hybridized carbons (Fsp3) is 0.973. The summed E-state index contributed by atoms with van der Waals surface area (Å²) >= 11 is 0. The number of Topliss-reactive ketones (excluding diaryl/α,β-unsaturated/α-hetero) is 1. The van der Waals surface area contributed by atoms with Crippen LogP contribution in [0.5, 0.6) is 0 Å². The lowest BCUT2D eigenvalue weighted by atomic mass is 9.41. The molecule has 4 fully saturated rings. The third-order valence-electron chi connectivity index (χ3n) is 13.9. The highest BCUT2D eigenvalue weighted by atomic mass is 28.4. The molecule has 4 aliphatic carbocycles. The van der Waals surface area contributed by atoms with Gasteiger partial charge in [-0.25, -0.2) is 0 Å². The molecule has 8 heteroatoms. The SMILES string of the molecule is COCOC1CC[C@]2(C)C3CC[C@]4(C)C([C@H](C)COCC(C)CO[Si](C(C)C)(C(C)C)C(C)C)CC[C@H]4[C@@]3(O)[C@H](O)C(=O)[C@H]2C1. The molecule has 7 nitrogen and oxygen atoms in total. The van der Waals surface area contributed by atoms with E-state index in [2.05, 4.69) is 69.2 Å². The Hall–Kier alpha value is -0.353. The minimum absolute atomic E-state index is 0.0459. The highest BCUT2D eigenvalue weighted by Gasteiger charge is 2.72. The molecule has 0 aromatic carbocycles. The van der Waals surface area contributed by atoms with Gasteiger partial charge in [-0.1, -0.05) is 69.2 Å². The second-order valence-corrected chi connectivity index (χ2v) is 22.8. The van der Waals surface area contributed by atoms with Crippen molar-refractivity contribution in [1.29, 1.82) is 0 Å². The highest BCUT2D eigenvalue weighted by molar-refractivity contribution is 6.77. The van der Waals surface area contributed by atoms with Crippen molar-refractivity contribution in [3.8, 4) is 0 Å².